The van der Waals surface area contributed by atoms with Gasteiger partial charge in [-0.15, -0.1) is 6.58 Å². The van der Waals surface area contributed by atoms with E-state index in [9.17, 15) is 4.79 Å². The molecule has 3 nitrogen and oxygen atoms in total. The maximum Gasteiger partial charge on any atom is 0.340 e. The third kappa shape index (κ3) is 3.13. The summed E-state index contributed by atoms with van der Waals surface area (Å²) in [5.74, 6) is -0.387. The Bertz CT molecular complexity index is 360. The van der Waals surface area contributed by atoms with Gasteiger partial charge in [-0.25, -0.2) is 4.79 Å². The van der Waals surface area contributed by atoms with Crippen molar-refractivity contribution >= 4 is 11.7 Å². The van der Waals surface area contributed by atoms with Gasteiger partial charge in [-0.2, -0.15) is 0 Å². The number of benzene rings is 1. The van der Waals surface area contributed by atoms with Crippen LogP contribution in [0.3, 0.4) is 0 Å². The van der Waals surface area contributed by atoms with E-state index in [1.807, 2.05) is 6.92 Å². The Balaban J connectivity index is 2.69. The first-order valence-corrected chi connectivity index (χ1v) is 4.81. The van der Waals surface area contributed by atoms with Crippen molar-refractivity contribution in [2.24, 2.45) is 0 Å². The maximum absolute atomic E-state index is 11.6. The van der Waals surface area contributed by atoms with Gasteiger partial charge < -0.3 is 10.5 Å². The highest BCUT2D eigenvalue weighted by Crippen LogP contribution is 2.13. The number of carbonyl (C=O) groups excluding carboxylic acids is 1. The van der Waals surface area contributed by atoms with Crippen molar-refractivity contribution in [3.8, 4) is 0 Å². The Morgan fingerprint density at radius 1 is 1.60 bits per heavy atom. The van der Waals surface area contributed by atoms with E-state index in [-0.39, 0.29) is 12.1 Å². The molecule has 1 aromatic rings. The van der Waals surface area contributed by atoms with E-state index in [0.717, 1.165) is 0 Å². The summed E-state index contributed by atoms with van der Waals surface area (Å²) < 4.78 is 5.17. The Morgan fingerprint density at radius 2 is 2.27 bits per heavy atom. The van der Waals surface area contributed by atoms with Crippen LogP contribution in [0, 0.1) is 0 Å². The average Bonchev–Trinajstić information content (AvgIpc) is 2.18. The molecule has 0 fully saturated rings. The van der Waals surface area contributed by atoms with Crippen LogP contribution in [-0.2, 0) is 4.74 Å². The van der Waals surface area contributed by atoms with Crippen LogP contribution in [0.5, 0.6) is 0 Å². The summed E-state index contributed by atoms with van der Waals surface area (Å²) in [6.07, 6.45) is 2.18. The van der Waals surface area contributed by atoms with Gasteiger partial charge in [-0.3, -0.25) is 0 Å². The minimum Gasteiger partial charge on any atom is -0.459 e. The van der Waals surface area contributed by atoms with Crippen LogP contribution < -0.4 is 5.73 Å². The molecule has 1 atom stereocenters. The second-order valence-electron chi connectivity index (χ2n) is 3.33. The number of ether oxygens (including phenoxy) is 1. The standard InChI is InChI=1S/C12H15NO2/c1-3-6-9(2)15-12(14)10-7-4-5-8-11(10)13/h3-5,7-9H,1,6,13H2,2H3. The molecule has 0 saturated carbocycles. The molecular weight excluding hydrogens is 190 g/mol. The van der Waals surface area contributed by atoms with Crippen molar-refractivity contribution < 1.29 is 9.53 Å². The molecule has 0 aliphatic carbocycles. The van der Waals surface area contributed by atoms with Gasteiger partial charge in [0.1, 0.15) is 6.10 Å². The topological polar surface area (TPSA) is 52.3 Å². The fourth-order valence-corrected chi connectivity index (χ4v) is 1.21. The van der Waals surface area contributed by atoms with E-state index in [1.165, 1.54) is 0 Å². The minimum absolute atomic E-state index is 0.172. The predicted octanol–water partition coefficient (Wildman–Crippen LogP) is 2.39. The SMILES string of the molecule is C=CCC(C)OC(=O)c1ccccc1N. The molecule has 0 radical (unpaired) electrons. The van der Waals surface area contributed by atoms with Crippen LogP contribution in [0.1, 0.15) is 23.7 Å². The van der Waals surface area contributed by atoms with Crippen molar-refractivity contribution in [2.75, 3.05) is 5.73 Å². The van der Waals surface area contributed by atoms with Gasteiger partial charge in [0.25, 0.3) is 0 Å². The Kier molecular flexibility index (Phi) is 3.92. The molecule has 3 heteroatoms. The lowest BCUT2D eigenvalue weighted by molar-refractivity contribution is 0.0349. The molecule has 0 aliphatic rings. The van der Waals surface area contributed by atoms with E-state index in [0.29, 0.717) is 17.7 Å². The Morgan fingerprint density at radius 3 is 2.87 bits per heavy atom. The van der Waals surface area contributed by atoms with Crippen LogP contribution in [0.15, 0.2) is 36.9 Å². The first kappa shape index (κ1) is 11.3. The summed E-state index contributed by atoms with van der Waals surface area (Å²) in [7, 11) is 0. The third-order valence-corrected chi connectivity index (χ3v) is 1.99. The van der Waals surface area contributed by atoms with Gasteiger partial charge in [0.15, 0.2) is 0 Å². The Hall–Kier alpha value is -1.77. The van der Waals surface area contributed by atoms with Gasteiger partial charge in [-0.1, -0.05) is 18.2 Å². The number of hydrogen-bond acceptors (Lipinski definition) is 3. The van der Waals surface area contributed by atoms with Gasteiger partial charge >= 0.3 is 5.97 Å². The number of rotatable bonds is 4. The van der Waals surface area contributed by atoms with E-state index < -0.39 is 0 Å². The second kappa shape index (κ2) is 5.20. The average molecular weight is 205 g/mol. The van der Waals surface area contributed by atoms with Crippen LogP contribution in [0.25, 0.3) is 0 Å². The summed E-state index contributed by atoms with van der Waals surface area (Å²) >= 11 is 0. The molecule has 1 unspecified atom stereocenters. The summed E-state index contributed by atoms with van der Waals surface area (Å²) in [6.45, 7) is 5.40. The summed E-state index contributed by atoms with van der Waals surface area (Å²) in [5.41, 5.74) is 6.50. The van der Waals surface area contributed by atoms with Crippen molar-refractivity contribution in [3.63, 3.8) is 0 Å². The van der Waals surface area contributed by atoms with E-state index in [4.69, 9.17) is 10.5 Å². The van der Waals surface area contributed by atoms with Crippen LogP contribution in [0.4, 0.5) is 5.69 Å². The lowest BCUT2D eigenvalue weighted by Crippen LogP contribution is -2.15. The maximum atomic E-state index is 11.6. The molecule has 1 rings (SSSR count). The zero-order valence-electron chi connectivity index (χ0n) is 8.77. The molecule has 0 bridgehead atoms. The Labute approximate surface area is 89.5 Å². The van der Waals surface area contributed by atoms with Crippen molar-refractivity contribution in [3.05, 3.63) is 42.5 Å². The molecule has 0 spiro atoms. The number of para-hydroxylation sites is 1. The van der Waals surface area contributed by atoms with Gasteiger partial charge in [-0.05, 0) is 19.1 Å². The molecule has 0 aliphatic heterocycles. The number of esters is 1. The third-order valence-electron chi connectivity index (χ3n) is 1.99. The zero-order valence-corrected chi connectivity index (χ0v) is 8.77. The van der Waals surface area contributed by atoms with E-state index in [2.05, 4.69) is 6.58 Å². The lowest BCUT2D eigenvalue weighted by atomic mass is 10.2. The molecule has 0 aromatic heterocycles. The number of nitrogens with two attached hydrogens (primary N) is 1. The minimum atomic E-state index is -0.387. The summed E-state index contributed by atoms with van der Waals surface area (Å²) in [4.78, 5) is 11.6. The first-order chi connectivity index (χ1) is 7.15. The molecule has 0 saturated heterocycles. The van der Waals surface area contributed by atoms with Crippen molar-refractivity contribution in [2.45, 2.75) is 19.4 Å². The number of carbonyl (C=O) groups is 1. The molecule has 0 amide bonds. The van der Waals surface area contributed by atoms with E-state index in [1.54, 1.807) is 30.3 Å². The molecule has 2 N–H and O–H groups in total. The lowest BCUT2D eigenvalue weighted by Gasteiger charge is -2.11. The van der Waals surface area contributed by atoms with Crippen molar-refractivity contribution in [1.29, 1.82) is 0 Å². The smallest absolute Gasteiger partial charge is 0.340 e. The predicted molar refractivity (Wildman–Crippen MR) is 60.5 cm³/mol. The number of hydrogen-bond donors (Lipinski definition) is 1. The van der Waals surface area contributed by atoms with Crippen LogP contribution in [0.2, 0.25) is 0 Å². The first-order valence-electron chi connectivity index (χ1n) is 4.81. The fourth-order valence-electron chi connectivity index (χ4n) is 1.21. The molecule has 80 valence electrons. The van der Waals surface area contributed by atoms with Gasteiger partial charge in [0.2, 0.25) is 0 Å². The normalized spacial score (nSPS) is 11.8. The monoisotopic (exact) mass is 205 g/mol. The van der Waals surface area contributed by atoms with Crippen molar-refractivity contribution in [1.82, 2.24) is 0 Å². The summed E-state index contributed by atoms with van der Waals surface area (Å²) in [6, 6.07) is 6.86. The fraction of sp³-hybridized carbons (Fsp3) is 0.250. The van der Waals surface area contributed by atoms with Gasteiger partial charge in [0.05, 0.1) is 5.56 Å². The summed E-state index contributed by atoms with van der Waals surface area (Å²) in [5, 5.41) is 0. The zero-order chi connectivity index (χ0) is 11.3. The largest absolute Gasteiger partial charge is 0.459 e. The van der Waals surface area contributed by atoms with Gasteiger partial charge in [0, 0.05) is 12.1 Å². The van der Waals surface area contributed by atoms with Crippen LogP contribution in [-0.4, -0.2) is 12.1 Å². The second-order valence-corrected chi connectivity index (χ2v) is 3.33. The number of nitrogen functional groups attached to an aromatic ring is 1. The van der Waals surface area contributed by atoms with E-state index >= 15 is 0 Å². The molecule has 1 aromatic carbocycles. The molecule has 15 heavy (non-hydrogen) atoms. The highest BCUT2D eigenvalue weighted by atomic mass is 16.5. The molecular formula is C12H15NO2. The highest BCUT2D eigenvalue weighted by molar-refractivity contribution is 5.95. The highest BCUT2D eigenvalue weighted by Gasteiger charge is 2.12. The molecule has 0 heterocycles. The number of anilines is 1. The van der Waals surface area contributed by atoms with Crippen LogP contribution >= 0.6 is 0 Å². The quantitative estimate of drug-likeness (QED) is 0.466.